The first kappa shape index (κ1) is 24.9. The third-order valence-electron chi connectivity index (χ3n) is 6.91. The Balaban J connectivity index is 1.47. The third-order valence-corrected chi connectivity index (χ3v) is 6.91. The van der Waals surface area contributed by atoms with Gasteiger partial charge in [-0.25, -0.2) is 4.98 Å². The lowest BCUT2D eigenvalue weighted by molar-refractivity contribution is -0.137. The number of carbonyl (C=O) groups excluding carboxylic acids is 2. The Kier molecular flexibility index (Phi) is 6.45. The number of carbonyl (C=O) groups is 2. The van der Waals surface area contributed by atoms with E-state index < -0.39 is 17.6 Å². The maximum atomic E-state index is 13.1. The average molecular weight is 511 g/mol. The fourth-order valence-corrected chi connectivity index (χ4v) is 5.02. The van der Waals surface area contributed by atoms with Gasteiger partial charge in [-0.1, -0.05) is 6.07 Å². The number of hydrogen-bond acceptors (Lipinski definition) is 5. The quantitative estimate of drug-likeness (QED) is 0.521. The van der Waals surface area contributed by atoms with Crippen LogP contribution in [0.3, 0.4) is 0 Å². The molecule has 0 bridgehead atoms. The molecule has 2 aliphatic rings. The summed E-state index contributed by atoms with van der Waals surface area (Å²) in [5, 5.41) is 2.65. The summed E-state index contributed by atoms with van der Waals surface area (Å²) < 4.78 is 44.8. The van der Waals surface area contributed by atoms with Gasteiger partial charge in [0.1, 0.15) is 5.82 Å². The fourth-order valence-electron chi connectivity index (χ4n) is 5.02. The molecule has 0 unspecified atom stereocenters. The van der Waals surface area contributed by atoms with Gasteiger partial charge in [-0.2, -0.15) is 13.2 Å². The van der Waals surface area contributed by atoms with Crippen LogP contribution in [0.25, 0.3) is 11.1 Å². The normalized spacial score (nSPS) is 19.3. The highest BCUT2D eigenvalue weighted by Gasteiger charge is 2.42. The Morgan fingerprint density at radius 3 is 2.73 bits per heavy atom. The summed E-state index contributed by atoms with van der Waals surface area (Å²) in [7, 11) is 0. The number of nitrogens with one attached hydrogen (secondary N) is 1. The highest BCUT2D eigenvalue weighted by Crippen LogP contribution is 2.44. The molecule has 10 heteroatoms. The molecule has 1 fully saturated rings. The Morgan fingerprint density at radius 2 is 1.97 bits per heavy atom. The van der Waals surface area contributed by atoms with Crippen molar-refractivity contribution in [1.82, 2.24) is 9.97 Å². The Labute approximate surface area is 211 Å². The molecule has 0 saturated carbocycles. The molecule has 37 heavy (non-hydrogen) atoms. The molecule has 1 aromatic carbocycles. The van der Waals surface area contributed by atoms with Crippen LogP contribution in [-0.4, -0.2) is 41.5 Å². The fraction of sp³-hybridized carbons (Fsp3) is 0.333. The number of nitrogens with zero attached hydrogens (tertiary/aromatic N) is 3. The number of pyridine rings is 2. The van der Waals surface area contributed by atoms with E-state index in [9.17, 15) is 22.8 Å². The Morgan fingerprint density at radius 1 is 1.16 bits per heavy atom. The van der Waals surface area contributed by atoms with Crippen LogP contribution in [0.5, 0.6) is 0 Å². The number of aryl methyl sites for hydroxylation is 1. The van der Waals surface area contributed by atoms with Crippen molar-refractivity contribution in [1.29, 1.82) is 0 Å². The monoisotopic (exact) mass is 510 g/mol. The first-order valence-electron chi connectivity index (χ1n) is 12.0. The van der Waals surface area contributed by atoms with E-state index in [1.165, 1.54) is 18.3 Å². The van der Waals surface area contributed by atoms with Crippen molar-refractivity contribution in [3.8, 4) is 11.1 Å². The van der Waals surface area contributed by atoms with Gasteiger partial charge < -0.3 is 10.1 Å². The lowest BCUT2D eigenvalue weighted by Crippen LogP contribution is -2.47. The van der Waals surface area contributed by atoms with Crippen LogP contribution in [0, 0.1) is 12.8 Å². The number of aromatic nitrogens is 2. The number of hydrogen-bond donors (Lipinski definition) is 1. The number of amides is 2. The summed E-state index contributed by atoms with van der Waals surface area (Å²) in [4.78, 5) is 36.4. The van der Waals surface area contributed by atoms with Crippen LogP contribution >= 0.6 is 0 Å². The van der Waals surface area contributed by atoms with E-state index in [2.05, 4.69) is 15.3 Å². The second kappa shape index (κ2) is 9.59. The lowest BCUT2D eigenvalue weighted by Gasteiger charge is -2.40. The number of benzene rings is 1. The summed E-state index contributed by atoms with van der Waals surface area (Å²) in [6.07, 6.45) is -0.689. The summed E-state index contributed by atoms with van der Waals surface area (Å²) in [5.74, 6) is -0.247. The van der Waals surface area contributed by atoms with Crippen molar-refractivity contribution in [3.05, 3.63) is 71.2 Å². The predicted molar refractivity (Wildman–Crippen MR) is 131 cm³/mol. The molecule has 0 aliphatic carbocycles. The van der Waals surface area contributed by atoms with E-state index in [0.717, 1.165) is 35.2 Å². The second-order valence-electron chi connectivity index (χ2n) is 9.19. The molecule has 0 radical (unpaired) electrons. The SMILES string of the molecule is CCN1C(=O)[C@@H]2COCC[C@H]2c2cc(-c3cc(NC(=O)c4cccc(C(F)(F)F)c4)cnc3C)cnc21. The molecule has 3 aromatic rings. The van der Waals surface area contributed by atoms with Crippen molar-refractivity contribution >= 4 is 23.3 Å². The number of rotatable bonds is 4. The van der Waals surface area contributed by atoms with Crippen LogP contribution in [0.2, 0.25) is 0 Å². The van der Waals surface area contributed by atoms with Gasteiger partial charge in [-0.15, -0.1) is 0 Å². The molecule has 2 amide bonds. The molecule has 1 N–H and O–H groups in total. The van der Waals surface area contributed by atoms with Gasteiger partial charge in [0.05, 0.1) is 30.0 Å². The highest BCUT2D eigenvalue weighted by molar-refractivity contribution is 6.04. The van der Waals surface area contributed by atoms with Crippen molar-refractivity contribution in [3.63, 3.8) is 0 Å². The minimum Gasteiger partial charge on any atom is -0.381 e. The van der Waals surface area contributed by atoms with Crippen LogP contribution in [-0.2, 0) is 15.7 Å². The molecule has 1 saturated heterocycles. The smallest absolute Gasteiger partial charge is 0.381 e. The second-order valence-corrected chi connectivity index (χ2v) is 9.19. The van der Waals surface area contributed by atoms with E-state index in [1.807, 2.05) is 19.9 Å². The van der Waals surface area contributed by atoms with Crippen LogP contribution in [0.4, 0.5) is 24.7 Å². The average Bonchev–Trinajstić information content (AvgIpc) is 2.89. The third kappa shape index (κ3) is 4.69. The summed E-state index contributed by atoms with van der Waals surface area (Å²) in [6.45, 7) is 5.18. The van der Waals surface area contributed by atoms with E-state index >= 15 is 0 Å². The maximum Gasteiger partial charge on any atom is 0.416 e. The Bertz CT molecular complexity index is 1380. The van der Waals surface area contributed by atoms with Crippen LogP contribution in [0.15, 0.2) is 48.8 Å². The first-order valence-corrected chi connectivity index (χ1v) is 12.0. The molecule has 2 aromatic heterocycles. The predicted octanol–water partition coefficient (Wildman–Crippen LogP) is 5.21. The van der Waals surface area contributed by atoms with Gasteiger partial charge in [-0.05, 0) is 56.2 Å². The summed E-state index contributed by atoms with van der Waals surface area (Å²) in [6, 6.07) is 8.00. The highest BCUT2D eigenvalue weighted by atomic mass is 19.4. The van der Waals surface area contributed by atoms with Gasteiger partial charge in [0.25, 0.3) is 5.91 Å². The first-order chi connectivity index (χ1) is 17.7. The summed E-state index contributed by atoms with van der Waals surface area (Å²) >= 11 is 0. The maximum absolute atomic E-state index is 13.1. The van der Waals surface area contributed by atoms with E-state index in [4.69, 9.17) is 4.74 Å². The standard InChI is InChI=1S/C27H25F3N4O3/c1-3-34-24-22(20-7-8-37-14-23(20)26(34)36)10-17(12-32-24)21-11-19(13-31-15(21)2)33-25(35)16-5-4-6-18(9-16)27(28,29)30/h4-6,9-13,20,23H,3,7-8,14H2,1-2H3,(H,33,35)/t20-,23+/m0/s1. The molecule has 5 rings (SSSR count). The molecule has 7 nitrogen and oxygen atoms in total. The number of ether oxygens (including phenoxy) is 1. The topological polar surface area (TPSA) is 84.4 Å². The molecule has 0 spiro atoms. The number of alkyl halides is 3. The number of fused-ring (bicyclic) bond motifs is 3. The van der Waals surface area contributed by atoms with Gasteiger partial charge >= 0.3 is 6.18 Å². The van der Waals surface area contributed by atoms with Crippen LogP contribution in [0.1, 0.15) is 46.4 Å². The van der Waals surface area contributed by atoms with Crippen molar-refractivity contribution < 1.29 is 27.5 Å². The van der Waals surface area contributed by atoms with Gasteiger partial charge in [0.15, 0.2) is 0 Å². The van der Waals surface area contributed by atoms with Gasteiger partial charge in [0, 0.05) is 47.7 Å². The molecular formula is C27H25F3N4O3. The Hall–Kier alpha value is -3.79. The number of halogens is 3. The van der Waals surface area contributed by atoms with E-state index in [1.54, 1.807) is 17.2 Å². The van der Waals surface area contributed by atoms with Crippen LogP contribution < -0.4 is 10.2 Å². The molecule has 4 heterocycles. The van der Waals surface area contributed by atoms with Crippen molar-refractivity contribution in [2.75, 3.05) is 30.0 Å². The van der Waals surface area contributed by atoms with E-state index in [0.29, 0.717) is 37.0 Å². The zero-order valence-electron chi connectivity index (χ0n) is 20.3. The molecule has 2 atom stereocenters. The minimum atomic E-state index is -4.55. The van der Waals surface area contributed by atoms with E-state index in [-0.39, 0.29) is 23.3 Å². The lowest BCUT2D eigenvalue weighted by atomic mass is 9.78. The minimum absolute atomic E-state index is 0.00330. The van der Waals surface area contributed by atoms with Crippen molar-refractivity contribution in [2.45, 2.75) is 32.4 Å². The zero-order valence-corrected chi connectivity index (χ0v) is 20.3. The zero-order chi connectivity index (χ0) is 26.3. The molecule has 192 valence electrons. The van der Waals surface area contributed by atoms with Crippen molar-refractivity contribution in [2.24, 2.45) is 5.92 Å². The summed E-state index contributed by atoms with van der Waals surface area (Å²) in [5.41, 5.74) is 2.51. The molecular weight excluding hydrogens is 485 g/mol. The van der Waals surface area contributed by atoms with Gasteiger partial charge in [0.2, 0.25) is 5.91 Å². The molecule has 2 aliphatic heterocycles. The largest absolute Gasteiger partial charge is 0.416 e. The number of anilines is 2. The van der Waals surface area contributed by atoms with Gasteiger partial charge in [-0.3, -0.25) is 19.5 Å².